The van der Waals surface area contributed by atoms with Gasteiger partial charge in [0.2, 0.25) is 0 Å². The number of fused-ring (bicyclic) bond motifs is 9. The van der Waals surface area contributed by atoms with Gasteiger partial charge in [-0.15, -0.1) is 0 Å². The van der Waals surface area contributed by atoms with E-state index in [0.29, 0.717) is 0 Å². The first-order chi connectivity index (χ1) is 25.3. The maximum atomic E-state index is 2.51. The van der Waals surface area contributed by atoms with E-state index in [4.69, 9.17) is 0 Å². The zero-order chi connectivity index (χ0) is 33.5. The van der Waals surface area contributed by atoms with E-state index < -0.39 is 0 Å². The van der Waals surface area contributed by atoms with E-state index in [-0.39, 0.29) is 14.5 Å². The molecule has 3 aromatic heterocycles. The van der Waals surface area contributed by atoms with Crippen LogP contribution >= 0.6 is 0 Å². The molecule has 0 spiro atoms. The SMILES string of the molecule is c1ccc(-c2cccc(-c3cccc4c3[se]c3cccc(-n5c6ccccc6c6cc(-n7c8ccccc8c8ccccc87)ccc65)c34)c2)cc1. The molecule has 0 saturated carbocycles. The minimum atomic E-state index is 0.183. The Kier molecular flexibility index (Phi) is 6.30. The normalized spacial score (nSPS) is 11.9. The second-order valence-corrected chi connectivity index (χ2v) is 15.5. The molecule has 0 aliphatic heterocycles. The average Bonchev–Trinajstić information content (AvgIpc) is 3.86. The van der Waals surface area contributed by atoms with Crippen LogP contribution in [0.3, 0.4) is 0 Å². The predicted octanol–water partition coefficient (Wildman–Crippen LogP) is 12.6. The molecule has 0 fully saturated rings. The van der Waals surface area contributed by atoms with Gasteiger partial charge in [-0.2, -0.15) is 0 Å². The molecule has 0 N–H and O–H groups in total. The molecular formula is C48H30N2Se. The zero-order valence-electron chi connectivity index (χ0n) is 27.6. The third-order valence-electron chi connectivity index (χ3n) is 10.5. The molecule has 8 aromatic carbocycles. The van der Waals surface area contributed by atoms with Gasteiger partial charge in [0.15, 0.2) is 0 Å². The summed E-state index contributed by atoms with van der Waals surface area (Å²) < 4.78 is 7.83. The Morgan fingerprint density at radius 1 is 0.353 bits per heavy atom. The molecule has 0 aliphatic carbocycles. The van der Waals surface area contributed by atoms with Crippen molar-refractivity contribution in [3.05, 3.63) is 182 Å². The van der Waals surface area contributed by atoms with Gasteiger partial charge in [0.1, 0.15) is 0 Å². The van der Waals surface area contributed by atoms with Gasteiger partial charge < -0.3 is 0 Å². The third-order valence-corrected chi connectivity index (χ3v) is 13.0. The molecule has 51 heavy (non-hydrogen) atoms. The first kappa shape index (κ1) is 28.7. The molecule has 11 rings (SSSR count). The first-order valence-electron chi connectivity index (χ1n) is 17.4. The number of rotatable bonds is 4. The number of hydrogen-bond donors (Lipinski definition) is 0. The van der Waals surface area contributed by atoms with E-state index in [2.05, 4.69) is 191 Å². The van der Waals surface area contributed by atoms with Gasteiger partial charge in [-0.1, -0.05) is 12.1 Å². The fraction of sp³-hybridized carbons (Fsp3) is 0. The summed E-state index contributed by atoms with van der Waals surface area (Å²) >= 11 is 0.183. The van der Waals surface area contributed by atoms with Crippen LogP contribution in [-0.4, -0.2) is 23.6 Å². The van der Waals surface area contributed by atoms with Crippen LogP contribution in [0.25, 0.3) is 96.5 Å². The molecule has 0 aliphatic rings. The van der Waals surface area contributed by atoms with Crippen LogP contribution < -0.4 is 0 Å². The summed E-state index contributed by atoms with van der Waals surface area (Å²) in [6, 6.07) is 67.0. The van der Waals surface area contributed by atoms with Gasteiger partial charge in [-0.05, 0) is 0 Å². The molecule has 0 unspecified atom stereocenters. The van der Waals surface area contributed by atoms with Crippen LogP contribution in [0.2, 0.25) is 0 Å². The van der Waals surface area contributed by atoms with Gasteiger partial charge >= 0.3 is 290 Å². The third kappa shape index (κ3) is 4.29. The Morgan fingerprint density at radius 3 is 1.69 bits per heavy atom. The Balaban J connectivity index is 1.14. The van der Waals surface area contributed by atoms with Crippen LogP contribution in [0.1, 0.15) is 0 Å². The molecule has 0 amide bonds. The fourth-order valence-corrected chi connectivity index (χ4v) is 10.9. The summed E-state index contributed by atoms with van der Waals surface area (Å²) in [4.78, 5) is 0. The Morgan fingerprint density at radius 2 is 0.922 bits per heavy atom. The summed E-state index contributed by atoms with van der Waals surface area (Å²) in [5.41, 5.74) is 12.4. The zero-order valence-corrected chi connectivity index (χ0v) is 29.3. The second-order valence-electron chi connectivity index (χ2n) is 13.3. The van der Waals surface area contributed by atoms with E-state index in [1.54, 1.807) is 0 Å². The standard InChI is InChI=1S/C48H30N2Se/c1-2-13-31(14-3-1)32-15-10-16-33(29-32)35-20-11-21-39-47-45(25-12-26-46(47)51-48(35)39)50-43-24-9-6-19-38(43)40-30-34(27-28-44(40)50)49-41-22-7-4-17-36(41)37-18-5-8-23-42(37)49/h1-30H. The summed E-state index contributed by atoms with van der Waals surface area (Å²) in [6.45, 7) is 0. The van der Waals surface area contributed by atoms with E-state index in [1.165, 1.54) is 96.5 Å². The summed E-state index contributed by atoms with van der Waals surface area (Å²) in [6.07, 6.45) is 0. The van der Waals surface area contributed by atoms with E-state index in [9.17, 15) is 0 Å². The molecule has 11 aromatic rings. The van der Waals surface area contributed by atoms with E-state index in [0.717, 1.165) is 0 Å². The van der Waals surface area contributed by atoms with E-state index >= 15 is 0 Å². The van der Waals surface area contributed by atoms with Crippen molar-refractivity contribution in [3.63, 3.8) is 0 Å². The molecule has 2 nitrogen and oxygen atoms in total. The van der Waals surface area contributed by atoms with Crippen molar-refractivity contribution in [1.82, 2.24) is 9.13 Å². The topological polar surface area (TPSA) is 9.86 Å². The number of nitrogens with zero attached hydrogens (tertiary/aromatic N) is 2. The summed E-state index contributed by atoms with van der Waals surface area (Å²) in [5.74, 6) is 0. The van der Waals surface area contributed by atoms with Crippen molar-refractivity contribution in [2.75, 3.05) is 0 Å². The van der Waals surface area contributed by atoms with Gasteiger partial charge in [-0.3, -0.25) is 0 Å². The van der Waals surface area contributed by atoms with Crippen molar-refractivity contribution in [1.29, 1.82) is 0 Å². The van der Waals surface area contributed by atoms with Crippen molar-refractivity contribution in [3.8, 4) is 33.6 Å². The van der Waals surface area contributed by atoms with Gasteiger partial charge in [0, 0.05) is 0 Å². The first-order valence-corrected chi connectivity index (χ1v) is 19.2. The Bertz CT molecular complexity index is 3090. The number of hydrogen-bond acceptors (Lipinski definition) is 0. The van der Waals surface area contributed by atoms with Crippen LogP contribution in [0.5, 0.6) is 0 Å². The van der Waals surface area contributed by atoms with Crippen LogP contribution in [-0.2, 0) is 0 Å². The number of aromatic nitrogens is 2. The van der Waals surface area contributed by atoms with Crippen molar-refractivity contribution in [2.45, 2.75) is 0 Å². The monoisotopic (exact) mass is 714 g/mol. The maximum absolute atomic E-state index is 2.51. The van der Waals surface area contributed by atoms with Crippen LogP contribution in [0, 0.1) is 0 Å². The second kappa shape index (κ2) is 11.2. The van der Waals surface area contributed by atoms with Crippen LogP contribution in [0.4, 0.5) is 0 Å². The van der Waals surface area contributed by atoms with Crippen molar-refractivity contribution >= 4 is 77.4 Å². The molecule has 0 saturated heterocycles. The van der Waals surface area contributed by atoms with Gasteiger partial charge in [0.25, 0.3) is 0 Å². The molecule has 3 heteroatoms. The predicted molar refractivity (Wildman–Crippen MR) is 218 cm³/mol. The molecular weight excluding hydrogens is 684 g/mol. The fourth-order valence-electron chi connectivity index (χ4n) is 8.30. The molecule has 0 radical (unpaired) electrons. The Labute approximate surface area is 300 Å². The number of benzene rings is 8. The Hall–Kier alpha value is -6.12. The molecule has 0 atom stereocenters. The number of para-hydroxylation sites is 3. The molecule has 238 valence electrons. The summed E-state index contributed by atoms with van der Waals surface area (Å²) in [5, 5.41) is 7.81. The average molecular weight is 714 g/mol. The van der Waals surface area contributed by atoms with Gasteiger partial charge in [0.05, 0.1) is 0 Å². The van der Waals surface area contributed by atoms with E-state index in [1.807, 2.05) is 0 Å². The summed E-state index contributed by atoms with van der Waals surface area (Å²) in [7, 11) is 0. The molecule has 3 heterocycles. The minimum absolute atomic E-state index is 0.183. The quantitative estimate of drug-likeness (QED) is 0.161. The molecule has 0 bridgehead atoms. The van der Waals surface area contributed by atoms with Gasteiger partial charge in [-0.25, -0.2) is 0 Å². The van der Waals surface area contributed by atoms with Crippen molar-refractivity contribution < 1.29 is 0 Å². The van der Waals surface area contributed by atoms with Crippen LogP contribution in [0.15, 0.2) is 182 Å². The van der Waals surface area contributed by atoms with Crippen molar-refractivity contribution in [2.24, 2.45) is 0 Å².